The predicted octanol–water partition coefficient (Wildman–Crippen LogP) is 10.1. The Kier molecular flexibility index (Phi) is 55.5. The van der Waals surface area contributed by atoms with Gasteiger partial charge in [-0.25, -0.2) is 4.79 Å². The molecule has 0 aromatic rings. The zero-order chi connectivity index (χ0) is 67.6. The van der Waals surface area contributed by atoms with Crippen molar-refractivity contribution < 1.29 is 72.7 Å². The second-order valence-corrected chi connectivity index (χ2v) is 26.3. The van der Waals surface area contributed by atoms with Crippen LogP contribution in [0.3, 0.4) is 0 Å². The fourth-order valence-electron chi connectivity index (χ4n) is 10.4. The van der Waals surface area contributed by atoms with Crippen molar-refractivity contribution in [1.29, 1.82) is 0 Å². The number of unbranched alkanes of at least 4 members (excludes halogenated alkanes) is 36. The quantitative estimate of drug-likeness (QED) is 0.0154. The molecule has 2 unspecified atom stereocenters. The summed E-state index contributed by atoms with van der Waals surface area (Å²) in [5.41, 5.74) is 5.53. The van der Waals surface area contributed by atoms with Gasteiger partial charge >= 0.3 is 17.9 Å². The van der Waals surface area contributed by atoms with Crippen LogP contribution in [-0.4, -0.2) is 142 Å². The van der Waals surface area contributed by atoms with Crippen molar-refractivity contribution in [2.45, 2.75) is 333 Å². The lowest BCUT2D eigenvalue weighted by Crippen LogP contribution is -2.59. The van der Waals surface area contributed by atoms with Crippen LogP contribution in [0.5, 0.6) is 0 Å². The number of aliphatic carboxylic acids is 1. The number of aliphatic hydroxyl groups excluding tert-OH is 2. The van der Waals surface area contributed by atoms with Gasteiger partial charge in [0.15, 0.2) is 4.93 Å². The van der Waals surface area contributed by atoms with Gasteiger partial charge in [-0.2, -0.15) is 0 Å². The molecule has 11 N–H and O–H groups in total. The van der Waals surface area contributed by atoms with E-state index in [1.807, 2.05) is 5.32 Å². The van der Waals surface area contributed by atoms with Crippen LogP contribution in [0, 0.1) is 0 Å². The lowest BCUT2D eigenvalue weighted by Gasteiger charge is -2.31. The third-order valence-electron chi connectivity index (χ3n) is 16.0. The summed E-state index contributed by atoms with van der Waals surface area (Å²) in [6, 6.07) is -6.56. The van der Waals surface area contributed by atoms with Crippen LogP contribution in [0.25, 0.3) is 0 Å². The molecule has 0 aromatic carbocycles. The number of nitrogens with two attached hydrogens (primary N) is 1. The van der Waals surface area contributed by atoms with Crippen molar-refractivity contribution in [2.24, 2.45) is 5.73 Å². The summed E-state index contributed by atoms with van der Waals surface area (Å²) in [6.07, 6.45) is 43.4. The topological polar surface area (TPSA) is 348 Å². The van der Waals surface area contributed by atoms with Crippen molar-refractivity contribution in [3.8, 4) is 0 Å². The van der Waals surface area contributed by atoms with Gasteiger partial charge in [0.1, 0.15) is 30.8 Å². The van der Waals surface area contributed by atoms with Gasteiger partial charge in [-0.3, -0.25) is 43.2 Å². The molecule has 0 aliphatic heterocycles. The van der Waals surface area contributed by atoms with Crippen molar-refractivity contribution >= 4 is 71.0 Å². The lowest BCUT2D eigenvalue weighted by molar-refractivity contribution is -0.161. The molecule has 0 heterocycles. The van der Waals surface area contributed by atoms with Crippen LogP contribution in [0.4, 0.5) is 0 Å². The van der Waals surface area contributed by atoms with Crippen LogP contribution in [0.2, 0.25) is 0 Å². The third kappa shape index (κ3) is 51.1. The molecule has 0 spiro atoms. The molecule has 23 heteroatoms. The summed E-state index contributed by atoms with van der Waals surface area (Å²) in [7, 11) is 0. The molecule has 91 heavy (non-hydrogen) atoms. The van der Waals surface area contributed by atoms with E-state index >= 15 is 0 Å². The summed E-state index contributed by atoms with van der Waals surface area (Å²) in [6.45, 7) is 4.44. The predicted molar refractivity (Wildman–Crippen MR) is 358 cm³/mol. The number of carbonyl (C=O) groups is 10. The third-order valence-corrected chi connectivity index (χ3v) is 17.4. The molecule has 528 valence electrons. The normalized spacial score (nSPS) is 13.2. The van der Waals surface area contributed by atoms with E-state index in [4.69, 9.17) is 25.4 Å². The highest BCUT2D eigenvalue weighted by Crippen LogP contribution is 2.30. The Bertz CT molecular complexity index is 1990. The van der Waals surface area contributed by atoms with Crippen LogP contribution < -0.4 is 37.6 Å². The molecule has 0 saturated carbocycles. The highest BCUT2D eigenvalue weighted by Gasteiger charge is 2.36. The number of rotatable bonds is 64. The number of hydrogen-bond acceptors (Lipinski definition) is 15. The number of primary amides is 1. The van der Waals surface area contributed by atoms with Gasteiger partial charge in [0.25, 0.3) is 0 Å². The number of aliphatic hydroxyl groups is 2. The first-order valence-corrected chi connectivity index (χ1v) is 36.3. The number of nitrogens with one attached hydrogen (secondary N) is 6. The minimum absolute atomic E-state index is 0.0625. The number of esters is 2. The fourth-order valence-corrected chi connectivity index (χ4v) is 11.4. The van der Waals surface area contributed by atoms with Gasteiger partial charge in [0.05, 0.1) is 32.7 Å². The van der Waals surface area contributed by atoms with E-state index < -0.39 is 121 Å². The summed E-state index contributed by atoms with van der Waals surface area (Å²) in [4.78, 5) is 128. The number of ether oxygens (including phenoxy) is 2. The standard InChI is InChI=1S/C68H125N7O15S/c1-5-8-11-14-17-20-23-26-29-32-35-38-41-44-59(79)73-57(66(86)74-54(47-58(69)78)65(85)75-55(50-76)64(84)71-48-60(80)70-49-61(81)72-56(51-77)67(87)88)52-91-68(4,90-63(83)46-43-40-37-34-31-28-25-22-19-16-13-10-7-3)53-89-62(82)45-42-39-36-33-30-27-24-21-18-15-12-9-6-2/h54-57,76-77H,5-53H2,1-4H3,(H2,69,78)(H,70,80)(H,71,84)(H,72,81)(H,73,79)(H,74,86)(H,75,85)(H,87,88)/t54?,55?,56-,57-,68-/m1/s1. The van der Waals surface area contributed by atoms with Crippen LogP contribution in [-0.2, 0) is 57.4 Å². The number of thioether (sulfide) groups is 1. The largest absolute Gasteiger partial charge is 0.480 e. The van der Waals surface area contributed by atoms with Crippen molar-refractivity contribution in [1.82, 2.24) is 31.9 Å². The molecule has 5 atom stereocenters. The van der Waals surface area contributed by atoms with E-state index in [2.05, 4.69) is 47.4 Å². The molecule has 0 aromatic heterocycles. The molecule has 0 aliphatic rings. The van der Waals surface area contributed by atoms with E-state index in [-0.39, 0.29) is 31.6 Å². The first-order valence-electron chi connectivity index (χ1n) is 35.3. The Morgan fingerprint density at radius 1 is 0.407 bits per heavy atom. The molecular formula is C68H125N7O15S. The molecule has 0 rings (SSSR count). The van der Waals surface area contributed by atoms with Crippen LogP contribution >= 0.6 is 11.8 Å². The number of carbonyl (C=O) groups excluding carboxylic acids is 9. The van der Waals surface area contributed by atoms with Gasteiger partial charge in [0, 0.05) is 25.0 Å². The minimum Gasteiger partial charge on any atom is -0.480 e. The highest BCUT2D eigenvalue weighted by atomic mass is 32.2. The Hall–Kier alpha value is -5.03. The minimum atomic E-state index is -1.76. The maximum atomic E-state index is 14.4. The van der Waals surface area contributed by atoms with Crippen molar-refractivity contribution in [3.63, 3.8) is 0 Å². The Labute approximate surface area is 550 Å². The summed E-state index contributed by atoms with van der Waals surface area (Å²) < 4.78 is 11.9. The van der Waals surface area contributed by atoms with Gasteiger partial charge in [-0.1, -0.05) is 252 Å². The lowest BCUT2D eigenvalue weighted by atomic mass is 10.0. The molecule has 0 aliphatic carbocycles. The fraction of sp³-hybridized carbons (Fsp3) is 0.853. The van der Waals surface area contributed by atoms with Crippen molar-refractivity contribution in [3.05, 3.63) is 0 Å². The molecule has 0 fully saturated rings. The number of carboxylic acid groups (broad SMARTS) is 1. The van der Waals surface area contributed by atoms with Gasteiger partial charge < -0.3 is 62.4 Å². The number of carboxylic acids is 1. The second-order valence-electron chi connectivity index (χ2n) is 24.8. The Morgan fingerprint density at radius 2 is 0.758 bits per heavy atom. The molecule has 7 amide bonds. The smallest absolute Gasteiger partial charge is 0.328 e. The van der Waals surface area contributed by atoms with Gasteiger partial charge in [-0.05, 0) is 26.2 Å². The van der Waals surface area contributed by atoms with E-state index in [0.29, 0.717) is 19.3 Å². The molecule has 0 bridgehead atoms. The van der Waals surface area contributed by atoms with Gasteiger partial charge in [0.2, 0.25) is 41.4 Å². The van der Waals surface area contributed by atoms with E-state index in [0.717, 1.165) is 95.2 Å². The van der Waals surface area contributed by atoms with Crippen LogP contribution in [0.1, 0.15) is 304 Å². The molecule has 22 nitrogen and oxygen atoms in total. The Balaban J connectivity index is 6.25. The second kappa shape index (κ2) is 58.8. The summed E-state index contributed by atoms with van der Waals surface area (Å²) in [5, 5.41) is 42.0. The first kappa shape index (κ1) is 86.0. The maximum absolute atomic E-state index is 14.4. The van der Waals surface area contributed by atoms with E-state index in [1.165, 1.54) is 148 Å². The number of amides is 7. The van der Waals surface area contributed by atoms with Gasteiger partial charge in [-0.15, -0.1) is 11.8 Å². The first-order chi connectivity index (χ1) is 43.8. The molecule has 0 radical (unpaired) electrons. The molecule has 0 saturated heterocycles. The zero-order valence-electron chi connectivity index (χ0n) is 56.7. The average Bonchev–Trinajstić information content (AvgIpc) is 1.70. The monoisotopic (exact) mass is 1310 g/mol. The summed E-state index contributed by atoms with van der Waals surface area (Å²) >= 11 is 0.952. The summed E-state index contributed by atoms with van der Waals surface area (Å²) in [5.74, 6) is -9.38. The van der Waals surface area contributed by atoms with E-state index in [9.17, 15) is 53.1 Å². The maximum Gasteiger partial charge on any atom is 0.328 e. The molecular weight excluding hydrogens is 1190 g/mol. The highest BCUT2D eigenvalue weighted by molar-refractivity contribution is 8.00. The zero-order valence-corrected chi connectivity index (χ0v) is 57.5. The Morgan fingerprint density at radius 3 is 1.15 bits per heavy atom. The average molecular weight is 1310 g/mol. The van der Waals surface area contributed by atoms with E-state index in [1.54, 1.807) is 6.92 Å². The van der Waals surface area contributed by atoms with Crippen LogP contribution in [0.15, 0.2) is 0 Å². The SMILES string of the molecule is CCCCCCCCCCCCCCCC(=O)N[C@H](CS[C@](C)(COC(=O)CCCCCCCCCCCCCCC)OC(=O)CCCCCCCCCCCCCCC)C(=O)NC(CC(N)=O)C(=O)NC(CO)C(=O)NCC(=O)NCC(=O)N[C@H](CO)C(=O)O. The number of hydrogen-bond donors (Lipinski definition) is 10. The van der Waals surface area contributed by atoms with Crippen molar-refractivity contribution in [2.75, 3.05) is 38.7 Å².